The third-order valence-corrected chi connectivity index (χ3v) is 6.51. The first-order chi connectivity index (χ1) is 13.7. The van der Waals surface area contributed by atoms with Gasteiger partial charge in [0.25, 0.3) is 0 Å². The van der Waals surface area contributed by atoms with E-state index in [-0.39, 0.29) is 11.5 Å². The second-order valence-corrected chi connectivity index (χ2v) is 8.53. The monoisotopic (exact) mass is 392 g/mol. The van der Waals surface area contributed by atoms with Gasteiger partial charge in [-0.1, -0.05) is 5.16 Å². The van der Waals surface area contributed by atoms with E-state index in [9.17, 15) is 4.79 Å². The zero-order valence-electron chi connectivity index (χ0n) is 16.9. The molecule has 4 rings (SSSR count). The fourth-order valence-electron chi connectivity index (χ4n) is 4.74. The number of aromatic nitrogens is 2. The molecule has 3 fully saturated rings. The summed E-state index contributed by atoms with van der Waals surface area (Å²) >= 11 is 0. The Bertz CT molecular complexity index is 650. The second-order valence-electron chi connectivity index (χ2n) is 8.53. The van der Waals surface area contributed by atoms with Crippen molar-refractivity contribution in [2.45, 2.75) is 57.6 Å². The molecule has 156 valence electrons. The predicted octanol–water partition coefficient (Wildman–Crippen LogP) is 1.64. The SMILES string of the molecule is COCCc1noc(CN2CCC3(CCC(=O)N(C[C@H]4CCCO4)C3)CC2)n1. The molecule has 8 heteroatoms. The molecule has 28 heavy (non-hydrogen) atoms. The van der Waals surface area contributed by atoms with E-state index in [2.05, 4.69) is 19.9 Å². The molecule has 3 aliphatic heterocycles. The number of carbonyl (C=O) groups excluding carboxylic acids is 1. The first kappa shape index (κ1) is 19.8. The van der Waals surface area contributed by atoms with Gasteiger partial charge in [0.1, 0.15) is 0 Å². The second kappa shape index (κ2) is 8.88. The highest BCUT2D eigenvalue weighted by Crippen LogP contribution is 2.40. The van der Waals surface area contributed by atoms with E-state index in [0.29, 0.717) is 43.6 Å². The molecule has 0 unspecified atom stereocenters. The molecule has 3 saturated heterocycles. The molecule has 1 spiro atoms. The molecule has 0 saturated carbocycles. The lowest BCUT2D eigenvalue weighted by atomic mass is 9.72. The van der Waals surface area contributed by atoms with Crippen molar-refractivity contribution in [2.75, 3.05) is 46.5 Å². The molecule has 0 aromatic carbocycles. The van der Waals surface area contributed by atoms with Crippen molar-refractivity contribution >= 4 is 5.91 Å². The van der Waals surface area contributed by atoms with Gasteiger partial charge in [0.05, 0.1) is 19.3 Å². The quantitative estimate of drug-likeness (QED) is 0.698. The van der Waals surface area contributed by atoms with Gasteiger partial charge in [-0.2, -0.15) is 4.98 Å². The highest BCUT2D eigenvalue weighted by Gasteiger charge is 2.41. The van der Waals surface area contributed by atoms with E-state index in [1.54, 1.807) is 7.11 Å². The van der Waals surface area contributed by atoms with Gasteiger partial charge in [0, 0.05) is 39.6 Å². The Hall–Kier alpha value is -1.51. The first-order valence-corrected chi connectivity index (χ1v) is 10.6. The van der Waals surface area contributed by atoms with E-state index in [4.69, 9.17) is 14.0 Å². The van der Waals surface area contributed by atoms with Crippen LogP contribution in [-0.4, -0.2) is 78.5 Å². The number of ether oxygens (including phenoxy) is 2. The topological polar surface area (TPSA) is 80.9 Å². The van der Waals surface area contributed by atoms with Crippen molar-refractivity contribution in [3.05, 3.63) is 11.7 Å². The zero-order valence-corrected chi connectivity index (χ0v) is 16.9. The third-order valence-electron chi connectivity index (χ3n) is 6.51. The van der Waals surface area contributed by atoms with Crippen molar-refractivity contribution in [3.8, 4) is 0 Å². The molecule has 1 aromatic heterocycles. The summed E-state index contributed by atoms with van der Waals surface area (Å²) in [6, 6.07) is 0. The van der Waals surface area contributed by atoms with E-state index in [1.807, 2.05) is 0 Å². The smallest absolute Gasteiger partial charge is 0.240 e. The van der Waals surface area contributed by atoms with Crippen LogP contribution in [0.1, 0.15) is 50.2 Å². The predicted molar refractivity (Wildman–Crippen MR) is 102 cm³/mol. The van der Waals surface area contributed by atoms with Gasteiger partial charge >= 0.3 is 0 Å². The molecule has 0 bridgehead atoms. The minimum Gasteiger partial charge on any atom is -0.384 e. The van der Waals surface area contributed by atoms with Crippen LogP contribution in [0.25, 0.3) is 0 Å². The molecule has 1 atom stereocenters. The summed E-state index contributed by atoms with van der Waals surface area (Å²) in [5.41, 5.74) is 0.265. The maximum Gasteiger partial charge on any atom is 0.240 e. The number of piperidine rings is 2. The van der Waals surface area contributed by atoms with Crippen LogP contribution >= 0.6 is 0 Å². The van der Waals surface area contributed by atoms with Gasteiger partial charge in [0.2, 0.25) is 11.8 Å². The number of hydrogen-bond donors (Lipinski definition) is 0. The third kappa shape index (κ3) is 4.72. The standard InChI is InChI=1S/C20H32N4O4/c1-26-12-5-17-21-18(28-22-17)14-23-9-7-20(8-10-23)6-4-19(25)24(15-20)13-16-3-2-11-27-16/h16H,2-15H2,1H3/t16-/m1/s1. The van der Waals surface area contributed by atoms with Crippen LogP contribution in [0.15, 0.2) is 4.52 Å². The molecule has 0 aliphatic carbocycles. The molecule has 3 aliphatic rings. The lowest BCUT2D eigenvalue weighted by molar-refractivity contribution is -0.141. The molecular formula is C20H32N4O4. The summed E-state index contributed by atoms with van der Waals surface area (Å²) in [7, 11) is 1.67. The molecule has 0 radical (unpaired) electrons. The number of rotatable bonds is 7. The summed E-state index contributed by atoms with van der Waals surface area (Å²) in [6.07, 6.45) is 7.06. The minimum absolute atomic E-state index is 0.240. The Morgan fingerprint density at radius 1 is 1.29 bits per heavy atom. The lowest BCUT2D eigenvalue weighted by Crippen LogP contribution is -2.52. The number of likely N-dealkylation sites (tertiary alicyclic amines) is 2. The van der Waals surface area contributed by atoms with Gasteiger partial charge < -0.3 is 18.9 Å². The van der Waals surface area contributed by atoms with Crippen molar-refractivity contribution in [1.82, 2.24) is 19.9 Å². The molecule has 1 amide bonds. The van der Waals surface area contributed by atoms with Crippen molar-refractivity contribution < 1.29 is 18.8 Å². The molecule has 4 heterocycles. The van der Waals surface area contributed by atoms with Gasteiger partial charge in [-0.15, -0.1) is 0 Å². The summed E-state index contributed by atoms with van der Waals surface area (Å²) < 4.78 is 16.2. The molecule has 0 N–H and O–H groups in total. The average Bonchev–Trinajstić information content (AvgIpc) is 3.37. The highest BCUT2D eigenvalue weighted by molar-refractivity contribution is 5.77. The maximum atomic E-state index is 12.4. The summed E-state index contributed by atoms with van der Waals surface area (Å²) in [6.45, 7) is 5.84. The van der Waals surface area contributed by atoms with Crippen molar-refractivity contribution in [3.63, 3.8) is 0 Å². The number of methoxy groups -OCH3 is 1. The van der Waals surface area contributed by atoms with E-state index in [1.165, 1.54) is 0 Å². The molecular weight excluding hydrogens is 360 g/mol. The van der Waals surface area contributed by atoms with Gasteiger partial charge in [0.15, 0.2) is 5.82 Å². The van der Waals surface area contributed by atoms with Crippen LogP contribution in [0.3, 0.4) is 0 Å². The van der Waals surface area contributed by atoms with Crippen LogP contribution in [0.2, 0.25) is 0 Å². The summed E-state index contributed by atoms with van der Waals surface area (Å²) in [4.78, 5) is 21.3. The number of nitrogens with zero attached hydrogens (tertiary/aromatic N) is 4. The number of carbonyl (C=O) groups is 1. The Balaban J connectivity index is 1.27. The zero-order chi connectivity index (χ0) is 19.4. The van der Waals surface area contributed by atoms with Crippen LogP contribution in [0.5, 0.6) is 0 Å². The Labute approximate surface area is 166 Å². The highest BCUT2D eigenvalue weighted by atomic mass is 16.5. The fourth-order valence-corrected chi connectivity index (χ4v) is 4.74. The van der Waals surface area contributed by atoms with E-state index < -0.39 is 0 Å². The Kier molecular flexibility index (Phi) is 6.28. The lowest BCUT2D eigenvalue weighted by Gasteiger charge is -2.47. The Morgan fingerprint density at radius 3 is 2.89 bits per heavy atom. The van der Waals surface area contributed by atoms with Crippen LogP contribution in [0.4, 0.5) is 0 Å². The summed E-state index contributed by atoms with van der Waals surface area (Å²) in [5.74, 6) is 1.69. The van der Waals surface area contributed by atoms with Crippen LogP contribution in [0, 0.1) is 5.41 Å². The van der Waals surface area contributed by atoms with Crippen LogP contribution in [-0.2, 0) is 27.2 Å². The number of hydrogen-bond acceptors (Lipinski definition) is 7. The average molecular weight is 393 g/mol. The fraction of sp³-hybridized carbons (Fsp3) is 0.850. The normalized spacial score (nSPS) is 25.7. The minimum atomic E-state index is 0.240. The van der Waals surface area contributed by atoms with E-state index >= 15 is 0 Å². The maximum absolute atomic E-state index is 12.4. The van der Waals surface area contributed by atoms with Gasteiger partial charge in [-0.05, 0) is 50.6 Å². The van der Waals surface area contributed by atoms with Crippen molar-refractivity contribution in [2.24, 2.45) is 5.41 Å². The molecule has 1 aromatic rings. The van der Waals surface area contributed by atoms with E-state index in [0.717, 1.165) is 64.9 Å². The summed E-state index contributed by atoms with van der Waals surface area (Å²) in [5, 5.41) is 4.02. The van der Waals surface area contributed by atoms with Crippen LogP contribution < -0.4 is 0 Å². The van der Waals surface area contributed by atoms with Gasteiger partial charge in [-0.25, -0.2) is 0 Å². The Morgan fingerprint density at radius 2 is 2.14 bits per heavy atom. The largest absolute Gasteiger partial charge is 0.384 e. The van der Waals surface area contributed by atoms with Gasteiger partial charge in [-0.3, -0.25) is 9.69 Å². The first-order valence-electron chi connectivity index (χ1n) is 10.6. The molecule has 8 nitrogen and oxygen atoms in total. The van der Waals surface area contributed by atoms with Crippen molar-refractivity contribution in [1.29, 1.82) is 0 Å². The number of amides is 1.